The van der Waals surface area contributed by atoms with Crippen molar-refractivity contribution in [1.82, 2.24) is 5.32 Å². The molecule has 2 aromatic rings. The van der Waals surface area contributed by atoms with Crippen LogP contribution in [0, 0.1) is 0 Å². The van der Waals surface area contributed by atoms with Crippen LogP contribution in [0.1, 0.15) is 37.7 Å². The second kappa shape index (κ2) is 8.48. The van der Waals surface area contributed by atoms with Gasteiger partial charge in [0.15, 0.2) is 5.78 Å². The number of rotatable bonds is 4. The largest absolute Gasteiger partial charge is 0.495 e. The molecule has 0 saturated heterocycles. The highest BCUT2D eigenvalue weighted by molar-refractivity contribution is 9.10. The number of carbonyl (C=O) groups excluding carboxylic acids is 2. The first-order valence-electron chi connectivity index (χ1n) is 9.94. The summed E-state index contributed by atoms with van der Waals surface area (Å²) in [6.07, 6.45) is 2.13. The van der Waals surface area contributed by atoms with E-state index in [-0.39, 0.29) is 11.7 Å². The number of nitrogens with one attached hydrogen (secondary N) is 2. The molecular formula is C24H23BrN2O3. The maximum atomic E-state index is 13.5. The van der Waals surface area contributed by atoms with Crippen molar-refractivity contribution in [3.63, 3.8) is 0 Å². The smallest absolute Gasteiger partial charge is 0.254 e. The summed E-state index contributed by atoms with van der Waals surface area (Å²) in [6, 6.07) is 15.1. The Bertz CT molecular complexity index is 1090. The van der Waals surface area contributed by atoms with Gasteiger partial charge in [-0.2, -0.15) is 0 Å². The Balaban J connectivity index is 1.81. The molecule has 0 fully saturated rings. The van der Waals surface area contributed by atoms with Crippen molar-refractivity contribution in [2.75, 3.05) is 12.4 Å². The average Bonchev–Trinajstić information content (AvgIpc) is 2.73. The minimum atomic E-state index is -0.431. The highest BCUT2D eigenvalue weighted by Gasteiger charge is 2.39. The van der Waals surface area contributed by atoms with Crippen LogP contribution in [0.25, 0.3) is 0 Å². The SMILES string of the molecule is COc1ccccc1NC(=O)C1=C(C)NC2=C(C(=O)CCC2)[C@H]1c1ccccc1Br. The second-order valence-corrected chi connectivity index (χ2v) is 8.30. The number of allylic oxidation sites excluding steroid dienone is 3. The quantitative estimate of drug-likeness (QED) is 0.660. The molecule has 0 unspecified atom stereocenters. The fraction of sp³-hybridized carbons (Fsp3) is 0.250. The van der Waals surface area contributed by atoms with Gasteiger partial charge in [0.2, 0.25) is 0 Å². The lowest BCUT2D eigenvalue weighted by atomic mass is 9.75. The fourth-order valence-electron chi connectivity index (χ4n) is 4.24. The van der Waals surface area contributed by atoms with Crippen molar-refractivity contribution in [3.8, 4) is 5.75 Å². The van der Waals surface area contributed by atoms with E-state index in [1.54, 1.807) is 19.2 Å². The van der Waals surface area contributed by atoms with E-state index in [2.05, 4.69) is 26.6 Å². The zero-order chi connectivity index (χ0) is 21.3. The van der Waals surface area contributed by atoms with Crippen molar-refractivity contribution in [2.24, 2.45) is 0 Å². The van der Waals surface area contributed by atoms with Crippen LogP contribution in [0.15, 0.2) is 75.5 Å². The Kier molecular flexibility index (Phi) is 5.77. The fourth-order valence-corrected chi connectivity index (χ4v) is 4.76. The van der Waals surface area contributed by atoms with Gasteiger partial charge in [-0.1, -0.05) is 46.3 Å². The molecule has 1 aliphatic heterocycles. The van der Waals surface area contributed by atoms with Crippen LogP contribution in [-0.2, 0) is 9.59 Å². The third-order valence-corrected chi connectivity index (χ3v) is 6.31. The zero-order valence-electron chi connectivity index (χ0n) is 16.9. The normalized spacial score (nSPS) is 18.6. The maximum Gasteiger partial charge on any atom is 0.254 e. The summed E-state index contributed by atoms with van der Waals surface area (Å²) < 4.78 is 6.25. The number of methoxy groups -OCH3 is 1. The molecule has 5 nitrogen and oxygen atoms in total. The number of Topliss-reactive ketones (excluding diaryl/α,β-unsaturated/α-hetero) is 1. The summed E-state index contributed by atoms with van der Waals surface area (Å²) in [5.41, 5.74) is 4.43. The van der Waals surface area contributed by atoms with E-state index >= 15 is 0 Å². The minimum Gasteiger partial charge on any atom is -0.495 e. The summed E-state index contributed by atoms with van der Waals surface area (Å²) in [5, 5.41) is 6.32. The molecule has 1 atom stereocenters. The van der Waals surface area contributed by atoms with Crippen LogP contribution in [0.4, 0.5) is 5.69 Å². The molecule has 0 bridgehead atoms. The van der Waals surface area contributed by atoms with E-state index in [9.17, 15) is 9.59 Å². The lowest BCUT2D eigenvalue weighted by Crippen LogP contribution is -2.35. The van der Waals surface area contributed by atoms with E-state index in [1.807, 2.05) is 43.3 Å². The topological polar surface area (TPSA) is 67.4 Å². The minimum absolute atomic E-state index is 0.0968. The number of ether oxygens (including phenoxy) is 1. The first-order valence-corrected chi connectivity index (χ1v) is 10.7. The van der Waals surface area contributed by atoms with Crippen molar-refractivity contribution in [1.29, 1.82) is 0 Å². The second-order valence-electron chi connectivity index (χ2n) is 7.44. The molecule has 1 amide bonds. The molecule has 4 rings (SSSR count). The molecule has 30 heavy (non-hydrogen) atoms. The lowest BCUT2D eigenvalue weighted by molar-refractivity contribution is -0.116. The van der Waals surface area contributed by atoms with Crippen molar-refractivity contribution in [3.05, 3.63) is 81.1 Å². The molecule has 154 valence electrons. The molecule has 2 aromatic carbocycles. The molecular weight excluding hydrogens is 444 g/mol. The van der Waals surface area contributed by atoms with Gasteiger partial charge in [-0.15, -0.1) is 0 Å². The Morgan fingerprint density at radius 1 is 1.13 bits per heavy atom. The van der Waals surface area contributed by atoms with Crippen LogP contribution in [0.5, 0.6) is 5.75 Å². The summed E-state index contributed by atoms with van der Waals surface area (Å²) in [4.78, 5) is 26.5. The molecule has 1 heterocycles. The van der Waals surface area contributed by atoms with Gasteiger partial charge in [0.05, 0.1) is 12.8 Å². The van der Waals surface area contributed by atoms with Gasteiger partial charge in [-0.3, -0.25) is 9.59 Å². The maximum absolute atomic E-state index is 13.5. The summed E-state index contributed by atoms with van der Waals surface area (Å²) >= 11 is 3.63. The number of amides is 1. The van der Waals surface area contributed by atoms with Crippen LogP contribution in [-0.4, -0.2) is 18.8 Å². The summed E-state index contributed by atoms with van der Waals surface area (Å²) in [7, 11) is 1.57. The van der Waals surface area contributed by atoms with Crippen molar-refractivity contribution < 1.29 is 14.3 Å². The Morgan fingerprint density at radius 3 is 2.63 bits per heavy atom. The van der Waals surface area contributed by atoms with Crippen molar-refractivity contribution >= 4 is 33.3 Å². The number of ketones is 1. The Labute approximate surface area is 184 Å². The third-order valence-electron chi connectivity index (χ3n) is 5.59. The monoisotopic (exact) mass is 466 g/mol. The number of dihydropyridines is 1. The molecule has 1 aliphatic carbocycles. The average molecular weight is 467 g/mol. The van der Waals surface area contributed by atoms with Crippen LogP contribution >= 0.6 is 15.9 Å². The van der Waals surface area contributed by atoms with Crippen LogP contribution < -0.4 is 15.4 Å². The van der Waals surface area contributed by atoms with E-state index in [0.717, 1.165) is 34.3 Å². The van der Waals surface area contributed by atoms with Gasteiger partial charge in [0, 0.05) is 39.4 Å². The lowest BCUT2D eigenvalue weighted by Gasteiger charge is -2.35. The van der Waals surface area contributed by atoms with E-state index in [1.165, 1.54) is 0 Å². The first-order chi connectivity index (χ1) is 14.5. The van der Waals surface area contributed by atoms with Gasteiger partial charge in [0.25, 0.3) is 5.91 Å². The van der Waals surface area contributed by atoms with Crippen LogP contribution in [0.2, 0.25) is 0 Å². The Hall–Kier alpha value is -2.86. The number of para-hydroxylation sites is 2. The van der Waals surface area contributed by atoms with Crippen molar-refractivity contribution in [2.45, 2.75) is 32.1 Å². The number of benzene rings is 2. The van der Waals surface area contributed by atoms with Gasteiger partial charge in [-0.25, -0.2) is 0 Å². The predicted octanol–water partition coefficient (Wildman–Crippen LogP) is 5.06. The number of carbonyl (C=O) groups is 2. The first kappa shape index (κ1) is 20.4. The van der Waals surface area contributed by atoms with E-state index in [4.69, 9.17) is 4.74 Å². The van der Waals surface area contributed by atoms with Gasteiger partial charge >= 0.3 is 0 Å². The highest BCUT2D eigenvalue weighted by atomic mass is 79.9. The highest BCUT2D eigenvalue weighted by Crippen LogP contribution is 2.44. The number of hydrogen-bond acceptors (Lipinski definition) is 4. The molecule has 2 aliphatic rings. The van der Waals surface area contributed by atoms with E-state index in [0.29, 0.717) is 29.0 Å². The van der Waals surface area contributed by atoms with Gasteiger partial charge in [-0.05, 0) is 43.5 Å². The molecule has 0 spiro atoms. The third kappa shape index (κ3) is 3.67. The molecule has 2 N–H and O–H groups in total. The predicted molar refractivity (Wildman–Crippen MR) is 120 cm³/mol. The molecule has 6 heteroatoms. The van der Waals surface area contributed by atoms with Crippen LogP contribution in [0.3, 0.4) is 0 Å². The Morgan fingerprint density at radius 2 is 1.87 bits per heavy atom. The standard InChI is InChI=1S/C24H23BrN2O3/c1-14-21(24(29)27-17-10-5-6-13-20(17)30-2)22(15-8-3-4-9-16(15)25)23-18(26-14)11-7-12-19(23)28/h3-6,8-10,13,22,26H,7,11-12H2,1-2H3,(H,27,29)/t22-/m0/s1. The summed E-state index contributed by atoms with van der Waals surface area (Å²) in [6.45, 7) is 1.89. The van der Waals surface area contributed by atoms with Gasteiger partial charge < -0.3 is 15.4 Å². The van der Waals surface area contributed by atoms with E-state index < -0.39 is 5.92 Å². The number of hydrogen-bond donors (Lipinski definition) is 2. The molecule has 0 aromatic heterocycles. The van der Waals surface area contributed by atoms with Gasteiger partial charge in [0.1, 0.15) is 5.75 Å². The summed E-state index contributed by atoms with van der Waals surface area (Å²) in [5.74, 6) is -0.00642. The number of halogens is 1. The zero-order valence-corrected chi connectivity index (χ0v) is 18.5. The molecule has 0 radical (unpaired) electrons. The molecule has 0 saturated carbocycles. The number of anilines is 1.